The van der Waals surface area contributed by atoms with Gasteiger partial charge < -0.3 is 15.0 Å². The quantitative estimate of drug-likeness (QED) is 0.623. The number of carbonyl (C=O) groups is 1. The first-order chi connectivity index (χ1) is 7.38. The van der Waals surface area contributed by atoms with Crippen LogP contribution in [-0.4, -0.2) is 16.5 Å². The van der Waals surface area contributed by atoms with E-state index in [1.165, 1.54) is 0 Å². The average molecular weight is 234 g/mol. The van der Waals surface area contributed by atoms with Crippen LogP contribution in [0.15, 0.2) is 12.1 Å². The van der Waals surface area contributed by atoms with E-state index in [9.17, 15) is 23.1 Å². The molecule has 0 radical (unpaired) electrons. The van der Waals surface area contributed by atoms with E-state index in [1.54, 1.807) is 0 Å². The third-order valence-corrected chi connectivity index (χ3v) is 2.08. The Hall–Kier alpha value is -1.72. The molecule has 0 unspecified atom stereocenters. The van der Waals surface area contributed by atoms with Crippen molar-refractivity contribution < 1.29 is 28.2 Å². The Kier molecular flexibility index (Phi) is 3.41. The molecule has 6 heteroatoms. The van der Waals surface area contributed by atoms with Crippen molar-refractivity contribution in [2.75, 3.05) is 0 Å². The Morgan fingerprint density at radius 2 is 1.88 bits per heavy atom. The molecule has 0 saturated carbocycles. The molecule has 0 heterocycles. The van der Waals surface area contributed by atoms with Crippen molar-refractivity contribution in [3.8, 4) is 11.5 Å². The van der Waals surface area contributed by atoms with Crippen LogP contribution in [-0.2, 0) is 17.4 Å². The van der Waals surface area contributed by atoms with Crippen LogP contribution in [0.3, 0.4) is 0 Å². The molecular weight excluding hydrogens is 225 g/mol. The molecule has 0 aromatic heterocycles. The van der Waals surface area contributed by atoms with Crippen LogP contribution in [0.5, 0.6) is 11.5 Å². The van der Waals surface area contributed by atoms with E-state index in [2.05, 4.69) is 0 Å². The number of rotatable bonds is 3. The Morgan fingerprint density at radius 3 is 2.38 bits per heavy atom. The Bertz CT molecular complexity index is 399. The van der Waals surface area contributed by atoms with Crippen molar-refractivity contribution in [1.82, 2.24) is 0 Å². The molecule has 16 heavy (non-hydrogen) atoms. The van der Waals surface area contributed by atoms with Crippen molar-refractivity contribution >= 4 is 6.29 Å². The lowest BCUT2D eigenvalue weighted by Gasteiger charge is -2.14. The van der Waals surface area contributed by atoms with Crippen LogP contribution in [0.25, 0.3) is 0 Å². The van der Waals surface area contributed by atoms with Crippen LogP contribution in [0.2, 0.25) is 0 Å². The predicted molar refractivity (Wildman–Crippen MR) is 49.2 cm³/mol. The van der Waals surface area contributed by atoms with Gasteiger partial charge in [-0.15, -0.1) is 0 Å². The van der Waals surface area contributed by atoms with Gasteiger partial charge >= 0.3 is 6.18 Å². The van der Waals surface area contributed by atoms with Crippen LogP contribution < -0.4 is 0 Å². The second-order valence-corrected chi connectivity index (χ2v) is 3.16. The maximum atomic E-state index is 12.5. The molecule has 0 spiro atoms. The van der Waals surface area contributed by atoms with Gasteiger partial charge in [0.25, 0.3) is 0 Å². The summed E-state index contributed by atoms with van der Waals surface area (Å²) in [5, 5.41) is 18.4. The summed E-state index contributed by atoms with van der Waals surface area (Å²) in [5.41, 5.74) is -1.50. The van der Waals surface area contributed by atoms with E-state index in [-0.39, 0.29) is 12.8 Å². The summed E-state index contributed by atoms with van der Waals surface area (Å²) in [4.78, 5) is 10.1. The lowest BCUT2D eigenvalue weighted by atomic mass is 10.0. The standard InChI is InChI=1S/C10H9F3O3/c11-10(12,13)7-3-4-8(15)9(16)6(7)2-1-5-14/h3-5,15-16H,1-2H2. The topological polar surface area (TPSA) is 57.5 Å². The number of aromatic hydroxyl groups is 2. The Labute approximate surface area is 89.1 Å². The lowest BCUT2D eigenvalue weighted by Crippen LogP contribution is -2.09. The molecule has 0 aliphatic rings. The Balaban J connectivity index is 3.27. The fourth-order valence-electron chi connectivity index (χ4n) is 1.35. The predicted octanol–water partition coefficient (Wildman–Crippen LogP) is 2.25. The molecule has 0 fully saturated rings. The molecule has 1 aromatic rings. The molecule has 0 saturated heterocycles. The van der Waals surface area contributed by atoms with Crippen molar-refractivity contribution in [3.63, 3.8) is 0 Å². The van der Waals surface area contributed by atoms with Crippen molar-refractivity contribution in [2.24, 2.45) is 0 Å². The van der Waals surface area contributed by atoms with Gasteiger partial charge in [-0.25, -0.2) is 0 Å². The van der Waals surface area contributed by atoms with E-state index >= 15 is 0 Å². The number of halogens is 3. The summed E-state index contributed by atoms with van der Waals surface area (Å²) < 4.78 is 37.5. The van der Waals surface area contributed by atoms with Crippen molar-refractivity contribution in [2.45, 2.75) is 19.0 Å². The summed E-state index contributed by atoms with van der Waals surface area (Å²) in [6, 6.07) is 1.44. The molecular formula is C10H9F3O3. The maximum Gasteiger partial charge on any atom is 0.416 e. The second-order valence-electron chi connectivity index (χ2n) is 3.16. The number of hydrogen-bond donors (Lipinski definition) is 2. The second kappa shape index (κ2) is 4.42. The van der Waals surface area contributed by atoms with Crippen molar-refractivity contribution in [3.05, 3.63) is 23.3 Å². The minimum Gasteiger partial charge on any atom is -0.504 e. The molecule has 0 atom stereocenters. The summed E-state index contributed by atoms with van der Waals surface area (Å²) >= 11 is 0. The van der Waals surface area contributed by atoms with E-state index in [1.807, 2.05) is 0 Å². The van der Waals surface area contributed by atoms with Gasteiger partial charge in [0.05, 0.1) is 5.56 Å². The van der Waals surface area contributed by atoms with Gasteiger partial charge in [-0.05, 0) is 18.6 Å². The molecule has 3 nitrogen and oxygen atoms in total. The first-order valence-electron chi connectivity index (χ1n) is 4.42. The minimum atomic E-state index is -4.62. The summed E-state index contributed by atoms with van der Waals surface area (Å²) in [6.07, 6.45) is -4.59. The average Bonchev–Trinajstić information content (AvgIpc) is 2.18. The molecule has 2 N–H and O–H groups in total. The molecule has 88 valence electrons. The van der Waals surface area contributed by atoms with Gasteiger partial charge in [-0.1, -0.05) is 0 Å². The summed E-state index contributed by atoms with van der Waals surface area (Å²) in [6.45, 7) is 0. The fourth-order valence-corrected chi connectivity index (χ4v) is 1.35. The zero-order valence-corrected chi connectivity index (χ0v) is 8.08. The minimum absolute atomic E-state index is 0.153. The Morgan fingerprint density at radius 1 is 1.25 bits per heavy atom. The van der Waals surface area contributed by atoms with Crippen LogP contribution in [0.1, 0.15) is 17.5 Å². The van der Waals surface area contributed by atoms with Gasteiger partial charge in [0, 0.05) is 12.0 Å². The maximum absolute atomic E-state index is 12.5. The monoisotopic (exact) mass is 234 g/mol. The highest BCUT2D eigenvalue weighted by atomic mass is 19.4. The first-order valence-corrected chi connectivity index (χ1v) is 4.42. The van der Waals surface area contributed by atoms with Gasteiger partial charge in [0.15, 0.2) is 11.5 Å². The first kappa shape index (κ1) is 12.4. The number of phenols is 2. The SMILES string of the molecule is O=CCCc1c(C(F)(F)F)ccc(O)c1O. The largest absolute Gasteiger partial charge is 0.504 e. The van der Waals surface area contributed by atoms with E-state index < -0.39 is 28.8 Å². The van der Waals surface area contributed by atoms with Crippen molar-refractivity contribution in [1.29, 1.82) is 0 Å². The van der Waals surface area contributed by atoms with Crippen LogP contribution in [0.4, 0.5) is 13.2 Å². The van der Waals surface area contributed by atoms with Gasteiger partial charge in [0.1, 0.15) is 6.29 Å². The zero-order valence-electron chi connectivity index (χ0n) is 8.08. The molecule has 0 bridgehead atoms. The zero-order chi connectivity index (χ0) is 12.3. The normalized spacial score (nSPS) is 11.4. The highest BCUT2D eigenvalue weighted by Crippen LogP contribution is 2.40. The number of alkyl halides is 3. The third kappa shape index (κ3) is 2.44. The smallest absolute Gasteiger partial charge is 0.416 e. The third-order valence-electron chi connectivity index (χ3n) is 2.08. The number of benzene rings is 1. The summed E-state index contributed by atoms with van der Waals surface area (Å²) in [5.74, 6) is -1.45. The number of aldehydes is 1. The number of carbonyl (C=O) groups excluding carboxylic acids is 1. The van der Waals surface area contributed by atoms with Gasteiger partial charge in [-0.3, -0.25) is 0 Å². The van der Waals surface area contributed by atoms with E-state index in [4.69, 9.17) is 5.11 Å². The molecule has 1 aromatic carbocycles. The highest BCUT2D eigenvalue weighted by Gasteiger charge is 2.34. The molecule has 0 aliphatic carbocycles. The number of hydrogen-bond acceptors (Lipinski definition) is 3. The van der Waals surface area contributed by atoms with E-state index in [0.29, 0.717) is 12.4 Å². The number of phenolic OH excluding ortho intramolecular Hbond substituents is 2. The van der Waals surface area contributed by atoms with Gasteiger partial charge in [0.2, 0.25) is 0 Å². The lowest BCUT2D eigenvalue weighted by molar-refractivity contribution is -0.138. The fraction of sp³-hybridized carbons (Fsp3) is 0.300. The van der Waals surface area contributed by atoms with Crippen LogP contribution >= 0.6 is 0 Å². The molecule has 0 amide bonds. The van der Waals surface area contributed by atoms with Gasteiger partial charge in [-0.2, -0.15) is 13.2 Å². The molecule has 0 aliphatic heterocycles. The van der Waals surface area contributed by atoms with E-state index in [0.717, 1.165) is 6.07 Å². The van der Waals surface area contributed by atoms with Crippen LogP contribution in [0, 0.1) is 0 Å². The highest BCUT2D eigenvalue weighted by molar-refractivity contribution is 5.54. The molecule has 1 rings (SSSR count). The summed E-state index contributed by atoms with van der Waals surface area (Å²) in [7, 11) is 0.